The molecule has 0 amide bonds. The Morgan fingerprint density at radius 2 is 2.19 bits per heavy atom. The van der Waals surface area contributed by atoms with E-state index in [2.05, 4.69) is 0 Å². The van der Waals surface area contributed by atoms with Crippen LogP contribution in [-0.2, 0) is 11.2 Å². The Kier molecular flexibility index (Phi) is 4.58. The predicted octanol–water partition coefficient (Wildman–Crippen LogP) is 2.83. The van der Waals surface area contributed by atoms with Gasteiger partial charge in [0.05, 0.1) is 0 Å². The van der Waals surface area contributed by atoms with E-state index in [4.69, 9.17) is 4.74 Å². The molecule has 0 spiro atoms. The summed E-state index contributed by atoms with van der Waals surface area (Å²) in [6, 6.07) is 5.14. The van der Waals surface area contributed by atoms with Crippen molar-refractivity contribution < 1.29 is 14.6 Å². The lowest BCUT2D eigenvalue weighted by molar-refractivity contribution is -0.132. The van der Waals surface area contributed by atoms with Crippen molar-refractivity contribution in [2.45, 2.75) is 26.7 Å². The Morgan fingerprint density at radius 3 is 2.81 bits per heavy atom. The first-order valence-corrected chi connectivity index (χ1v) is 5.29. The van der Waals surface area contributed by atoms with Crippen molar-refractivity contribution in [1.29, 1.82) is 0 Å². The highest BCUT2D eigenvalue weighted by Crippen LogP contribution is 2.30. The van der Waals surface area contributed by atoms with E-state index in [0.29, 0.717) is 6.42 Å². The molecule has 1 aromatic rings. The van der Waals surface area contributed by atoms with Gasteiger partial charge in [-0.3, -0.25) is 4.79 Å². The molecule has 0 aliphatic rings. The molecule has 0 unspecified atom stereocenters. The van der Waals surface area contributed by atoms with E-state index in [1.807, 2.05) is 25.1 Å². The molecule has 0 saturated carbocycles. The number of hydrogen-bond acceptors (Lipinski definition) is 3. The SMILES string of the molecule is CCC=CCc1cccc(OC(C)=O)c1O. The molecule has 0 aromatic heterocycles. The molecule has 0 bridgehead atoms. The van der Waals surface area contributed by atoms with Crippen molar-refractivity contribution in [3.05, 3.63) is 35.9 Å². The summed E-state index contributed by atoms with van der Waals surface area (Å²) in [4.78, 5) is 10.8. The highest BCUT2D eigenvalue weighted by molar-refractivity contribution is 5.70. The van der Waals surface area contributed by atoms with Gasteiger partial charge in [-0.25, -0.2) is 0 Å². The monoisotopic (exact) mass is 220 g/mol. The fourth-order valence-electron chi connectivity index (χ4n) is 1.35. The van der Waals surface area contributed by atoms with Crippen LogP contribution in [0.3, 0.4) is 0 Å². The number of benzene rings is 1. The molecule has 0 aliphatic carbocycles. The average molecular weight is 220 g/mol. The third kappa shape index (κ3) is 3.42. The highest BCUT2D eigenvalue weighted by atomic mass is 16.5. The molecule has 3 heteroatoms. The number of phenols is 1. The molecule has 0 fully saturated rings. The van der Waals surface area contributed by atoms with E-state index in [-0.39, 0.29) is 11.5 Å². The van der Waals surface area contributed by atoms with Crippen LogP contribution in [-0.4, -0.2) is 11.1 Å². The van der Waals surface area contributed by atoms with Crippen LogP contribution in [0, 0.1) is 0 Å². The summed E-state index contributed by atoms with van der Waals surface area (Å²) >= 11 is 0. The molecule has 1 rings (SSSR count). The summed E-state index contributed by atoms with van der Waals surface area (Å²) in [5, 5.41) is 9.83. The molecule has 86 valence electrons. The number of para-hydroxylation sites is 1. The van der Waals surface area contributed by atoms with Crippen LogP contribution < -0.4 is 4.74 Å². The number of hydrogen-bond donors (Lipinski definition) is 1. The molecule has 16 heavy (non-hydrogen) atoms. The van der Waals surface area contributed by atoms with Crippen LogP contribution >= 0.6 is 0 Å². The average Bonchev–Trinajstić information content (AvgIpc) is 2.23. The zero-order valence-electron chi connectivity index (χ0n) is 9.56. The van der Waals surface area contributed by atoms with Crippen molar-refractivity contribution in [2.24, 2.45) is 0 Å². The van der Waals surface area contributed by atoms with Gasteiger partial charge in [0.1, 0.15) is 0 Å². The van der Waals surface area contributed by atoms with Gasteiger partial charge in [-0.05, 0) is 18.9 Å². The lowest BCUT2D eigenvalue weighted by atomic mass is 10.1. The molecule has 0 saturated heterocycles. The van der Waals surface area contributed by atoms with E-state index < -0.39 is 5.97 Å². The minimum Gasteiger partial charge on any atom is -0.504 e. The van der Waals surface area contributed by atoms with Gasteiger partial charge in [0.25, 0.3) is 0 Å². The first-order valence-electron chi connectivity index (χ1n) is 5.29. The highest BCUT2D eigenvalue weighted by Gasteiger charge is 2.08. The van der Waals surface area contributed by atoms with Gasteiger partial charge < -0.3 is 9.84 Å². The second-order valence-corrected chi connectivity index (χ2v) is 3.44. The molecule has 0 atom stereocenters. The Balaban J connectivity index is 2.85. The number of allylic oxidation sites excluding steroid dienone is 2. The van der Waals surface area contributed by atoms with Gasteiger partial charge >= 0.3 is 5.97 Å². The fraction of sp³-hybridized carbons (Fsp3) is 0.308. The first kappa shape index (κ1) is 12.3. The molecule has 1 N–H and O–H groups in total. The number of carbonyl (C=O) groups is 1. The maximum Gasteiger partial charge on any atom is 0.308 e. The molecule has 0 heterocycles. The summed E-state index contributed by atoms with van der Waals surface area (Å²) in [6.07, 6.45) is 5.60. The van der Waals surface area contributed by atoms with Crippen molar-refractivity contribution in [3.63, 3.8) is 0 Å². The molecular formula is C13H16O3. The molecule has 0 aliphatic heterocycles. The standard InChI is InChI=1S/C13H16O3/c1-3-4-5-7-11-8-6-9-12(13(11)15)16-10(2)14/h4-6,8-9,15H,3,7H2,1-2H3. The van der Waals surface area contributed by atoms with Crippen LogP contribution in [0.4, 0.5) is 0 Å². The largest absolute Gasteiger partial charge is 0.504 e. The van der Waals surface area contributed by atoms with Gasteiger partial charge in [-0.15, -0.1) is 0 Å². The Labute approximate surface area is 95.4 Å². The number of esters is 1. The van der Waals surface area contributed by atoms with E-state index in [0.717, 1.165) is 12.0 Å². The molecule has 3 nitrogen and oxygen atoms in total. The Morgan fingerprint density at radius 1 is 1.44 bits per heavy atom. The normalized spacial score (nSPS) is 10.6. The number of ether oxygens (including phenoxy) is 1. The molecular weight excluding hydrogens is 204 g/mol. The van der Waals surface area contributed by atoms with Crippen LogP contribution in [0.15, 0.2) is 30.4 Å². The smallest absolute Gasteiger partial charge is 0.308 e. The van der Waals surface area contributed by atoms with Crippen molar-refractivity contribution in [3.8, 4) is 11.5 Å². The predicted molar refractivity (Wildman–Crippen MR) is 62.6 cm³/mol. The third-order valence-electron chi connectivity index (χ3n) is 2.08. The van der Waals surface area contributed by atoms with Gasteiger partial charge in [0, 0.05) is 12.5 Å². The zero-order valence-corrected chi connectivity index (χ0v) is 9.56. The number of aromatic hydroxyl groups is 1. The van der Waals surface area contributed by atoms with Gasteiger partial charge in [-0.1, -0.05) is 31.2 Å². The Hall–Kier alpha value is -1.77. The van der Waals surface area contributed by atoms with Gasteiger partial charge in [0.15, 0.2) is 11.5 Å². The van der Waals surface area contributed by atoms with Crippen LogP contribution in [0.1, 0.15) is 25.8 Å². The van der Waals surface area contributed by atoms with Crippen molar-refractivity contribution in [1.82, 2.24) is 0 Å². The second kappa shape index (κ2) is 5.95. The topological polar surface area (TPSA) is 46.5 Å². The number of carbonyl (C=O) groups excluding carboxylic acids is 1. The minimum atomic E-state index is -0.434. The fourth-order valence-corrected chi connectivity index (χ4v) is 1.35. The zero-order chi connectivity index (χ0) is 12.0. The first-order chi connectivity index (χ1) is 7.65. The summed E-state index contributed by atoms with van der Waals surface area (Å²) in [5.41, 5.74) is 0.753. The van der Waals surface area contributed by atoms with E-state index >= 15 is 0 Å². The number of rotatable bonds is 4. The van der Waals surface area contributed by atoms with E-state index in [1.54, 1.807) is 12.1 Å². The second-order valence-electron chi connectivity index (χ2n) is 3.44. The van der Waals surface area contributed by atoms with Crippen LogP contribution in [0.25, 0.3) is 0 Å². The third-order valence-corrected chi connectivity index (χ3v) is 2.08. The van der Waals surface area contributed by atoms with E-state index in [1.165, 1.54) is 6.92 Å². The maximum absolute atomic E-state index is 10.8. The Bertz CT molecular complexity index is 394. The lowest BCUT2D eigenvalue weighted by Crippen LogP contribution is -2.02. The van der Waals surface area contributed by atoms with Gasteiger partial charge in [0.2, 0.25) is 0 Å². The number of phenolic OH excluding ortho intramolecular Hbond substituents is 1. The van der Waals surface area contributed by atoms with Gasteiger partial charge in [-0.2, -0.15) is 0 Å². The van der Waals surface area contributed by atoms with Crippen molar-refractivity contribution in [2.75, 3.05) is 0 Å². The summed E-state index contributed by atoms with van der Waals surface area (Å²) in [7, 11) is 0. The quantitative estimate of drug-likeness (QED) is 0.482. The van der Waals surface area contributed by atoms with E-state index in [9.17, 15) is 9.90 Å². The molecule has 1 aromatic carbocycles. The molecule has 0 radical (unpaired) electrons. The van der Waals surface area contributed by atoms with Crippen LogP contribution in [0.2, 0.25) is 0 Å². The maximum atomic E-state index is 10.8. The van der Waals surface area contributed by atoms with Crippen LogP contribution in [0.5, 0.6) is 11.5 Å². The summed E-state index contributed by atoms with van der Waals surface area (Å²) in [5.74, 6) is -0.176. The minimum absolute atomic E-state index is 0.0402. The van der Waals surface area contributed by atoms with Crippen molar-refractivity contribution >= 4 is 5.97 Å². The summed E-state index contributed by atoms with van der Waals surface area (Å²) < 4.78 is 4.88. The summed E-state index contributed by atoms with van der Waals surface area (Å²) in [6.45, 7) is 3.36. The lowest BCUT2D eigenvalue weighted by Gasteiger charge is -2.07.